The summed E-state index contributed by atoms with van der Waals surface area (Å²) in [6, 6.07) is 13.2. The first-order valence-corrected chi connectivity index (χ1v) is 6.62. The van der Waals surface area contributed by atoms with Gasteiger partial charge in [-0.2, -0.15) is 0 Å². The Labute approximate surface area is 119 Å². The molecule has 0 aliphatic rings. The minimum atomic E-state index is -0.0676. The number of hydrogen-bond acceptors (Lipinski definition) is 3. The van der Waals surface area contributed by atoms with Crippen molar-refractivity contribution in [2.45, 2.75) is 13.8 Å². The van der Waals surface area contributed by atoms with Crippen LogP contribution in [0.15, 0.2) is 48.7 Å². The fourth-order valence-corrected chi connectivity index (χ4v) is 1.95. The van der Waals surface area contributed by atoms with Crippen molar-refractivity contribution in [2.24, 2.45) is 0 Å². The van der Waals surface area contributed by atoms with Gasteiger partial charge in [-0.05, 0) is 38.1 Å². The van der Waals surface area contributed by atoms with Crippen LogP contribution < -0.4 is 9.64 Å². The molecule has 1 aromatic carbocycles. The van der Waals surface area contributed by atoms with E-state index in [0.717, 1.165) is 11.4 Å². The third-order valence-electron chi connectivity index (χ3n) is 2.99. The number of benzene rings is 1. The van der Waals surface area contributed by atoms with Gasteiger partial charge in [0.05, 0.1) is 5.69 Å². The van der Waals surface area contributed by atoms with Gasteiger partial charge in [-0.1, -0.05) is 18.2 Å². The van der Waals surface area contributed by atoms with Gasteiger partial charge in [-0.15, -0.1) is 0 Å². The van der Waals surface area contributed by atoms with E-state index in [2.05, 4.69) is 4.98 Å². The summed E-state index contributed by atoms with van der Waals surface area (Å²) in [6.45, 7) is 4.42. The van der Waals surface area contributed by atoms with E-state index >= 15 is 0 Å². The number of para-hydroxylation sites is 1. The number of amides is 1. The van der Waals surface area contributed by atoms with Gasteiger partial charge in [0.25, 0.3) is 5.91 Å². The Morgan fingerprint density at radius 3 is 2.60 bits per heavy atom. The summed E-state index contributed by atoms with van der Waals surface area (Å²) < 4.78 is 5.55. The van der Waals surface area contributed by atoms with Crippen molar-refractivity contribution in [2.75, 3.05) is 18.1 Å². The van der Waals surface area contributed by atoms with Crippen molar-refractivity contribution in [3.8, 4) is 5.75 Å². The van der Waals surface area contributed by atoms with Crippen molar-refractivity contribution in [3.05, 3.63) is 54.4 Å². The van der Waals surface area contributed by atoms with Crippen molar-refractivity contribution in [1.82, 2.24) is 4.98 Å². The van der Waals surface area contributed by atoms with E-state index in [1.165, 1.54) is 0 Å². The smallest absolute Gasteiger partial charge is 0.264 e. The summed E-state index contributed by atoms with van der Waals surface area (Å²) in [6.07, 6.45) is 1.70. The molecular formula is C16H18N2O2. The first-order chi connectivity index (χ1) is 9.72. The van der Waals surface area contributed by atoms with Gasteiger partial charge in [-0.25, -0.2) is 0 Å². The number of aryl methyl sites for hydroxylation is 1. The lowest BCUT2D eigenvalue weighted by Crippen LogP contribution is -2.34. The molecule has 0 spiro atoms. The van der Waals surface area contributed by atoms with Crippen LogP contribution in [0.5, 0.6) is 5.75 Å². The largest absolute Gasteiger partial charge is 0.482 e. The molecule has 0 saturated heterocycles. The summed E-state index contributed by atoms with van der Waals surface area (Å²) in [7, 11) is 0. The number of likely N-dealkylation sites (N-methyl/N-ethyl adjacent to an activating group) is 1. The van der Waals surface area contributed by atoms with E-state index in [1.54, 1.807) is 17.2 Å². The average molecular weight is 270 g/mol. The lowest BCUT2D eigenvalue weighted by Gasteiger charge is -2.21. The number of rotatable bonds is 5. The third-order valence-corrected chi connectivity index (χ3v) is 2.99. The highest BCUT2D eigenvalue weighted by Gasteiger charge is 2.14. The molecule has 0 bridgehead atoms. The van der Waals surface area contributed by atoms with E-state index in [4.69, 9.17) is 4.74 Å². The van der Waals surface area contributed by atoms with E-state index in [-0.39, 0.29) is 12.5 Å². The zero-order valence-corrected chi connectivity index (χ0v) is 11.7. The summed E-state index contributed by atoms with van der Waals surface area (Å²) in [4.78, 5) is 18.1. The summed E-state index contributed by atoms with van der Waals surface area (Å²) in [5.74, 6) is 0.576. The first kappa shape index (κ1) is 14.1. The predicted molar refractivity (Wildman–Crippen MR) is 78.9 cm³/mol. The molecule has 1 amide bonds. The van der Waals surface area contributed by atoms with Gasteiger partial charge in [0, 0.05) is 18.4 Å². The fraction of sp³-hybridized carbons (Fsp3) is 0.250. The van der Waals surface area contributed by atoms with Crippen molar-refractivity contribution in [1.29, 1.82) is 0 Å². The highest BCUT2D eigenvalue weighted by atomic mass is 16.5. The maximum absolute atomic E-state index is 12.2. The molecule has 0 N–H and O–H groups in total. The van der Waals surface area contributed by atoms with Crippen LogP contribution in [0.2, 0.25) is 0 Å². The third kappa shape index (κ3) is 3.35. The molecule has 20 heavy (non-hydrogen) atoms. The molecule has 104 valence electrons. The zero-order chi connectivity index (χ0) is 14.4. The lowest BCUT2D eigenvalue weighted by atomic mass is 10.3. The lowest BCUT2D eigenvalue weighted by molar-refractivity contribution is -0.120. The van der Waals surface area contributed by atoms with Crippen LogP contribution in [0.4, 0.5) is 5.69 Å². The quantitative estimate of drug-likeness (QED) is 0.839. The van der Waals surface area contributed by atoms with Gasteiger partial charge in [-0.3, -0.25) is 9.78 Å². The molecule has 1 heterocycles. The monoisotopic (exact) mass is 270 g/mol. The Morgan fingerprint density at radius 2 is 1.95 bits per heavy atom. The topological polar surface area (TPSA) is 42.4 Å². The Morgan fingerprint density at radius 1 is 1.20 bits per heavy atom. The second-order valence-corrected chi connectivity index (χ2v) is 4.35. The molecule has 0 radical (unpaired) electrons. The van der Waals surface area contributed by atoms with Gasteiger partial charge in [0.2, 0.25) is 0 Å². The van der Waals surface area contributed by atoms with Crippen LogP contribution in [0.1, 0.15) is 12.6 Å². The first-order valence-electron chi connectivity index (χ1n) is 6.62. The average Bonchev–Trinajstić information content (AvgIpc) is 2.48. The SMILES string of the molecule is CCN(C(=O)COc1cccnc1C)c1ccccc1. The Kier molecular flexibility index (Phi) is 4.71. The number of nitrogens with zero attached hydrogens (tertiary/aromatic N) is 2. The Balaban J connectivity index is 2.02. The van der Waals surface area contributed by atoms with E-state index in [9.17, 15) is 4.79 Å². The summed E-state index contributed by atoms with van der Waals surface area (Å²) in [5, 5.41) is 0. The maximum Gasteiger partial charge on any atom is 0.264 e. The van der Waals surface area contributed by atoms with Crippen LogP contribution in [0.3, 0.4) is 0 Å². The molecule has 2 rings (SSSR count). The molecule has 0 aliphatic carbocycles. The standard InChI is InChI=1S/C16H18N2O2/c1-3-18(14-8-5-4-6-9-14)16(19)12-20-15-10-7-11-17-13(15)2/h4-11H,3,12H2,1-2H3. The van der Waals surface area contributed by atoms with Gasteiger partial charge in [0.15, 0.2) is 6.61 Å². The highest BCUT2D eigenvalue weighted by Crippen LogP contribution is 2.16. The van der Waals surface area contributed by atoms with Crippen LogP contribution in [0, 0.1) is 6.92 Å². The molecule has 0 fully saturated rings. The molecule has 4 heteroatoms. The molecule has 0 unspecified atom stereocenters. The highest BCUT2D eigenvalue weighted by molar-refractivity contribution is 5.94. The second kappa shape index (κ2) is 6.70. The Bertz CT molecular complexity index is 570. The number of ether oxygens (including phenoxy) is 1. The van der Waals surface area contributed by atoms with E-state index in [0.29, 0.717) is 12.3 Å². The molecular weight excluding hydrogens is 252 g/mol. The van der Waals surface area contributed by atoms with Crippen molar-refractivity contribution >= 4 is 11.6 Å². The minimum absolute atomic E-state index is 0.00919. The van der Waals surface area contributed by atoms with Gasteiger partial charge < -0.3 is 9.64 Å². The number of carbonyl (C=O) groups excluding carboxylic acids is 1. The van der Waals surface area contributed by atoms with Crippen LogP contribution in [0.25, 0.3) is 0 Å². The minimum Gasteiger partial charge on any atom is -0.482 e. The van der Waals surface area contributed by atoms with Crippen LogP contribution in [-0.4, -0.2) is 24.0 Å². The fourth-order valence-electron chi connectivity index (χ4n) is 1.95. The molecule has 2 aromatic rings. The number of aromatic nitrogens is 1. The summed E-state index contributed by atoms with van der Waals surface area (Å²) in [5.41, 5.74) is 1.66. The maximum atomic E-state index is 12.2. The molecule has 0 aliphatic heterocycles. The van der Waals surface area contributed by atoms with Crippen LogP contribution in [-0.2, 0) is 4.79 Å². The molecule has 0 atom stereocenters. The predicted octanol–water partition coefficient (Wildman–Crippen LogP) is 2.82. The van der Waals surface area contributed by atoms with E-state index in [1.807, 2.05) is 50.2 Å². The molecule has 0 saturated carbocycles. The van der Waals surface area contributed by atoms with Gasteiger partial charge >= 0.3 is 0 Å². The number of anilines is 1. The normalized spacial score (nSPS) is 10.1. The molecule has 4 nitrogen and oxygen atoms in total. The number of carbonyl (C=O) groups is 1. The van der Waals surface area contributed by atoms with E-state index < -0.39 is 0 Å². The summed E-state index contributed by atoms with van der Waals surface area (Å²) >= 11 is 0. The zero-order valence-electron chi connectivity index (χ0n) is 11.7. The van der Waals surface area contributed by atoms with Crippen LogP contribution >= 0.6 is 0 Å². The van der Waals surface area contributed by atoms with Gasteiger partial charge in [0.1, 0.15) is 5.75 Å². The molecule has 1 aromatic heterocycles. The Hall–Kier alpha value is -2.36. The number of pyridine rings is 1. The second-order valence-electron chi connectivity index (χ2n) is 4.35. The van der Waals surface area contributed by atoms with Crippen molar-refractivity contribution in [3.63, 3.8) is 0 Å². The van der Waals surface area contributed by atoms with Crippen molar-refractivity contribution < 1.29 is 9.53 Å². The number of hydrogen-bond donors (Lipinski definition) is 0.